The smallest absolute Gasteiger partial charge is 0.288 e. The number of carbonyl (C=O) groups is 1. The second-order valence-electron chi connectivity index (χ2n) is 5.79. The van der Waals surface area contributed by atoms with Gasteiger partial charge in [0, 0.05) is 29.0 Å². The predicted molar refractivity (Wildman–Crippen MR) is 102 cm³/mol. The van der Waals surface area contributed by atoms with Crippen LogP contribution in [0.5, 0.6) is 0 Å². The summed E-state index contributed by atoms with van der Waals surface area (Å²) in [7, 11) is 0. The lowest BCUT2D eigenvalue weighted by molar-refractivity contribution is -0.116. The third kappa shape index (κ3) is 5.92. The molecular weight excluding hydrogens is 370 g/mol. The minimum Gasteiger partial charge on any atom is -0.441 e. The molecule has 2 aromatic carbocycles. The Balaban J connectivity index is 1.44. The fourth-order valence-electron chi connectivity index (χ4n) is 2.51. The van der Waals surface area contributed by atoms with Crippen LogP contribution in [0.2, 0.25) is 0 Å². The normalized spacial score (nSPS) is 10.9. The molecule has 0 unspecified atom stereocenters. The van der Waals surface area contributed by atoms with Gasteiger partial charge in [-0.1, -0.05) is 42.1 Å². The van der Waals surface area contributed by atoms with Crippen LogP contribution in [-0.4, -0.2) is 16.6 Å². The molecule has 0 spiro atoms. The van der Waals surface area contributed by atoms with Gasteiger partial charge in [0.05, 0.1) is 6.20 Å². The van der Waals surface area contributed by atoms with E-state index in [-0.39, 0.29) is 5.91 Å². The lowest BCUT2D eigenvalue weighted by Crippen LogP contribution is -2.11. The highest BCUT2D eigenvalue weighted by atomic mass is 32.2. The molecule has 7 heteroatoms. The van der Waals surface area contributed by atoms with Crippen molar-refractivity contribution >= 4 is 23.4 Å². The van der Waals surface area contributed by atoms with Crippen molar-refractivity contribution in [3.05, 3.63) is 66.7 Å². The van der Waals surface area contributed by atoms with Gasteiger partial charge in [-0.25, -0.2) is 4.98 Å². The standard InChI is InChI=1S/C20H18F2N2O2S/c21-20(22)27-16-11-9-15(10-12-16)24-18(25)7-4-8-19-23-13-17(26-19)14-5-2-1-3-6-14/h1-3,5-6,9-13,20H,4,7-8H2,(H,24,25). The Morgan fingerprint density at radius 2 is 1.85 bits per heavy atom. The number of hydrogen-bond donors (Lipinski definition) is 1. The van der Waals surface area contributed by atoms with E-state index >= 15 is 0 Å². The highest BCUT2D eigenvalue weighted by molar-refractivity contribution is 7.99. The van der Waals surface area contributed by atoms with Gasteiger partial charge in [0.2, 0.25) is 5.91 Å². The number of nitrogens with one attached hydrogen (secondary N) is 1. The first-order valence-electron chi connectivity index (χ1n) is 8.45. The molecule has 4 nitrogen and oxygen atoms in total. The summed E-state index contributed by atoms with van der Waals surface area (Å²) in [6.07, 6.45) is 3.16. The van der Waals surface area contributed by atoms with Crippen molar-refractivity contribution in [2.75, 3.05) is 5.32 Å². The first-order chi connectivity index (χ1) is 13.1. The third-order valence-corrected chi connectivity index (χ3v) is 4.49. The molecular formula is C20H18F2N2O2S. The van der Waals surface area contributed by atoms with E-state index in [0.717, 1.165) is 5.56 Å². The molecule has 140 valence electrons. The molecule has 0 aliphatic heterocycles. The number of alkyl halides is 2. The Morgan fingerprint density at radius 1 is 1.11 bits per heavy atom. The van der Waals surface area contributed by atoms with Crippen LogP contribution in [0.1, 0.15) is 18.7 Å². The van der Waals surface area contributed by atoms with Gasteiger partial charge in [0.1, 0.15) is 0 Å². The zero-order valence-corrected chi connectivity index (χ0v) is 15.2. The number of amides is 1. The second kappa shape index (κ2) is 9.32. The Hall–Kier alpha value is -2.67. The topological polar surface area (TPSA) is 55.1 Å². The summed E-state index contributed by atoms with van der Waals surface area (Å²) in [6.45, 7) is 0. The van der Waals surface area contributed by atoms with E-state index in [1.165, 1.54) is 0 Å². The lowest BCUT2D eigenvalue weighted by atomic mass is 10.2. The summed E-state index contributed by atoms with van der Waals surface area (Å²) >= 11 is 0.474. The van der Waals surface area contributed by atoms with Gasteiger partial charge < -0.3 is 9.73 Å². The highest BCUT2D eigenvalue weighted by Gasteiger charge is 2.09. The largest absolute Gasteiger partial charge is 0.441 e. The maximum atomic E-state index is 12.3. The van der Waals surface area contributed by atoms with Gasteiger partial charge in [-0.15, -0.1) is 0 Å². The summed E-state index contributed by atoms with van der Waals surface area (Å²) in [4.78, 5) is 16.7. The average molecular weight is 388 g/mol. The summed E-state index contributed by atoms with van der Waals surface area (Å²) in [5, 5.41) is 2.75. The van der Waals surface area contributed by atoms with Crippen LogP contribution in [0.4, 0.5) is 14.5 Å². The van der Waals surface area contributed by atoms with Gasteiger partial charge in [-0.2, -0.15) is 8.78 Å². The summed E-state index contributed by atoms with van der Waals surface area (Å²) in [5.74, 6) is -1.30. The van der Waals surface area contributed by atoms with Crippen molar-refractivity contribution in [3.8, 4) is 11.3 Å². The van der Waals surface area contributed by atoms with E-state index in [9.17, 15) is 13.6 Å². The zero-order valence-electron chi connectivity index (χ0n) is 14.4. The number of oxazole rings is 1. The Morgan fingerprint density at radius 3 is 2.56 bits per heavy atom. The van der Waals surface area contributed by atoms with Crippen molar-refractivity contribution in [1.82, 2.24) is 4.98 Å². The number of thioether (sulfide) groups is 1. The number of rotatable bonds is 8. The molecule has 1 heterocycles. The molecule has 0 aliphatic rings. The molecule has 3 rings (SSSR count). The van der Waals surface area contributed by atoms with Crippen molar-refractivity contribution in [2.24, 2.45) is 0 Å². The number of nitrogens with zero attached hydrogens (tertiary/aromatic N) is 1. The molecule has 1 amide bonds. The fourth-order valence-corrected chi connectivity index (χ4v) is 3.00. The van der Waals surface area contributed by atoms with Gasteiger partial charge in [-0.05, 0) is 30.7 Å². The van der Waals surface area contributed by atoms with E-state index in [1.807, 2.05) is 30.3 Å². The van der Waals surface area contributed by atoms with Crippen molar-refractivity contribution in [1.29, 1.82) is 0 Å². The average Bonchev–Trinajstić information content (AvgIpc) is 3.13. The van der Waals surface area contributed by atoms with Crippen molar-refractivity contribution < 1.29 is 18.0 Å². The molecule has 0 aliphatic carbocycles. The number of aryl methyl sites for hydroxylation is 1. The van der Waals surface area contributed by atoms with Crippen LogP contribution in [-0.2, 0) is 11.2 Å². The summed E-state index contributed by atoms with van der Waals surface area (Å²) < 4.78 is 30.3. The first kappa shape index (κ1) is 19.1. The Bertz CT molecular complexity index is 867. The maximum absolute atomic E-state index is 12.3. The minimum absolute atomic E-state index is 0.140. The number of aromatic nitrogens is 1. The third-order valence-electron chi connectivity index (χ3n) is 3.77. The molecule has 0 saturated heterocycles. The number of halogens is 2. The first-order valence-corrected chi connectivity index (χ1v) is 9.33. The van der Waals surface area contributed by atoms with Crippen LogP contribution < -0.4 is 5.32 Å². The maximum Gasteiger partial charge on any atom is 0.288 e. The van der Waals surface area contributed by atoms with E-state index in [2.05, 4.69) is 10.3 Å². The zero-order chi connectivity index (χ0) is 19.1. The van der Waals surface area contributed by atoms with Crippen molar-refractivity contribution in [2.45, 2.75) is 29.9 Å². The molecule has 0 atom stereocenters. The van der Waals surface area contributed by atoms with Crippen LogP contribution in [0, 0.1) is 0 Å². The molecule has 3 aromatic rings. The number of hydrogen-bond acceptors (Lipinski definition) is 4. The Kier molecular flexibility index (Phi) is 6.59. The molecule has 0 saturated carbocycles. The van der Waals surface area contributed by atoms with E-state index in [0.29, 0.717) is 53.3 Å². The highest BCUT2D eigenvalue weighted by Crippen LogP contribution is 2.26. The van der Waals surface area contributed by atoms with Crippen molar-refractivity contribution in [3.63, 3.8) is 0 Å². The van der Waals surface area contributed by atoms with E-state index in [1.54, 1.807) is 30.5 Å². The van der Waals surface area contributed by atoms with Gasteiger partial charge >= 0.3 is 0 Å². The fraction of sp³-hybridized carbons (Fsp3) is 0.200. The van der Waals surface area contributed by atoms with E-state index < -0.39 is 5.76 Å². The quantitative estimate of drug-likeness (QED) is 0.509. The van der Waals surface area contributed by atoms with E-state index in [4.69, 9.17) is 4.42 Å². The molecule has 1 aromatic heterocycles. The summed E-state index contributed by atoms with van der Waals surface area (Å²) in [5.41, 5.74) is 1.54. The predicted octanol–water partition coefficient (Wildman–Crippen LogP) is 5.62. The summed E-state index contributed by atoms with van der Waals surface area (Å²) in [6, 6.07) is 16.0. The second-order valence-corrected chi connectivity index (χ2v) is 6.85. The molecule has 0 fully saturated rings. The van der Waals surface area contributed by atoms with Gasteiger partial charge in [0.15, 0.2) is 11.7 Å². The van der Waals surface area contributed by atoms with Crippen LogP contribution in [0.25, 0.3) is 11.3 Å². The number of benzene rings is 2. The van der Waals surface area contributed by atoms with Gasteiger partial charge in [-0.3, -0.25) is 4.79 Å². The van der Waals surface area contributed by atoms with Gasteiger partial charge in [0.25, 0.3) is 5.76 Å². The number of anilines is 1. The van der Waals surface area contributed by atoms with Crippen LogP contribution in [0.3, 0.4) is 0 Å². The number of carbonyl (C=O) groups excluding carboxylic acids is 1. The van der Waals surface area contributed by atoms with Crippen LogP contribution >= 0.6 is 11.8 Å². The molecule has 0 bridgehead atoms. The minimum atomic E-state index is -2.46. The Labute approximate surface area is 160 Å². The SMILES string of the molecule is O=C(CCCc1ncc(-c2ccccc2)o1)Nc1ccc(SC(F)F)cc1. The molecule has 27 heavy (non-hydrogen) atoms. The lowest BCUT2D eigenvalue weighted by Gasteiger charge is -2.06. The molecule has 1 N–H and O–H groups in total. The monoisotopic (exact) mass is 388 g/mol. The van der Waals surface area contributed by atoms with Crippen LogP contribution in [0.15, 0.2) is 70.1 Å². The molecule has 0 radical (unpaired) electrons.